The molecule has 2 heterocycles. The van der Waals surface area contributed by atoms with E-state index in [1.165, 1.54) is 0 Å². The molecule has 0 aliphatic carbocycles. The molecular formula is C14H26N4O2S. The van der Waals surface area contributed by atoms with Gasteiger partial charge in [0.2, 0.25) is 0 Å². The molecule has 21 heavy (non-hydrogen) atoms. The SMILES string of the molecule is CC(C)NCc1cn[nH]c1S(=O)(=O)N1CCC(C)(C)CC1. The van der Waals surface area contributed by atoms with Crippen molar-refractivity contribution < 1.29 is 8.42 Å². The topological polar surface area (TPSA) is 78.1 Å². The van der Waals surface area contributed by atoms with Crippen LogP contribution < -0.4 is 5.32 Å². The van der Waals surface area contributed by atoms with Crippen LogP contribution in [0, 0.1) is 5.41 Å². The molecule has 0 radical (unpaired) electrons. The van der Waals surface area contributed by atoms with Gasteiger partial charge >= 0.3 is 0 Å². The lowest BCUT2D eigenvalue weighted by Crippen LogP contribution is -2.41. The Morgan fingerprint density at radius 2 is 2.00 bits per heavy atom. The fourth-order valence-electron chi connectivity index (χ4n) is 2.42. The molecule has 0 atom stereocenters. The highest BCUT2D eigenvalue weighted by Crippen LogP contribution is 2.32. The first-order valence-corrected chi connectivity index (χ1v) is 8.92. The maximum absolute atomic E-state index is 12.8. The molecule has 0 bridgehead atoms. The summed E-state index contributed by atoms with van der Waals surface area (Å²) >= 11 is 0. The zero-order chi connectivity index (χ0) is 15.7. The summed E-state index contributed by atoms with van der Waals surface area (Å²) in [5, 5.41) is 10.1. The van der Waals surface area contributed by atoms with Crippen LogP contribution in [0.25, 0.3) is 0 Å². The minimum Gasteiger partial charge on any atom is -0.310 e. The molecule has 1 aliphatic heterocycles. The summed E-state index contributed by atoms with van der Waals surface area (Å²) in [7, 11) is -3.47. The summed E-state index contributed by atoms with van der Waals surface area (Å²) in [5.41, 5.74) is 0.927. The lowest BCUT2D eigenvalue weighted by atomic mass is 9.83. The van der Waals surface area contributed by atoms with E-state index in [9.17, 15) is 8.42 Å². The number of piperidine rings is 1. The lowest BCUT2D eigenvalue weighted by molar-refractivity contribution is 0.195. The summed E-state index contributed by atoms with van der Waals surface area (Å²) in [6, 6.07) is 0.297. The molecule has 6 nitrogen and oxygen atoms in total. The van der Waals surface area contributed by atoms with Crippen molar-refractivity contribution in [3.05, 3.63) is 11.8 Å². The van der Waals surface area contributed by atoms with Gasteiger partial charge in [0.25, 0.3) is 10.0 Å². The van der Waals surface area contributed by atoms with E-state index in [1.807, 2.05) is 13.8 Å². The second-order valence-electron chi connectivity index (χ2n) is 6.83. The van der Waals surface area contributed by atoms with Crippen molar-refractivity contribution >= 4 is 10.0 Å². The van der Waals surface area contributed by atoms with E-state index in [0.717, 1.165) is 12.8 Å². The highest BCUT2D eigenvalue weighted by atomic mass is 32.2. The zero-order valence-corrected chi connectivity index (χ0v) is 14.1. The van der Waals surface area contributed by atoms with Crippen LogP contribution in [-0.2, 0) is 16.6 Å². The van der Waals surface area contributed by atoms with Crippen LogP contribution in [0.4, 0.5) is 0 Å². The van der Waals surface area contributed by atoms with Crippen LogP contribution in [0.15, 0.2) is 11.2 Å². The minimum absolute atomic E-state index is 0.224. The van der Waals surface area contributed by atoms with Gasteiger partial charge < -0.3 is 5.32 Å². The predicted octanol–water partition coefficient (Wildman–Crippen LogP) is 1.72. The second-order valence-corrected chi connectivity index (χ2v) is 8.70. The number of sulfonamides is 1. The van der Waals surface area contributed by atoms with Crippen LogP contribution in [0.5, 0.6) is 0 Å². The summed E-state index contributed by atoms with van der Waals surface area (Å²) in [6.45, 7) is 10.1. The highest BCUT2D eigenvalue weighted by molar-refractivity contribution is 7.89. The third-order valence-electron chi connectivity index (χ3n) is 4.05. The Kier molecular flexibility index (Phi) is 4.75. The molecule has 1 aromatic heterocycles. The van der Waals surface area contributed by atoms with Crippen LogP contribution in [0.1, 0.15) is 46.1 Å². The molecule has 7 heteroatoms. The Balaban J connectivity index is 2.15. The third-order valence-corrected chi connectivity index (χ3v) is 5.97. The number of hydrogen-bond donors (Lipinski definition) is 2. The van der Waals surface area contributed by atoms with Crippen molar-refractivity contribution in [3.63, 3.8) is 0 Å². The maximum atomic E-state index is 12.8. The summed E-state index contributed by atoms with van der Waals surface area (Å²) < 4.78 is 27.1. The third kappa shape index (κ3) is 3.84. The van der Waals surface area contributed by atoms with E-state index in [2.05, 4.69) is 29.4 Å². The number of H-pyrrole nitrogens is 1. The molecule has 1 aromatic rings. The van der Waals surface area contributed by atoms with Crippen LogP contribution in [-0.4, -0.2) is 42.1 Å². The Morgan fingerprint density at radius 3 is 2.57 bits per heavy atom. The number of hydrogen-bond acceptors (Lipinski definition) is 4. The smallest absolute Gasteiger partial charge is 0.260 e. The van der Waals surface area contributed by atoms with Crippen molar-refractivity contribution in [1.29, 1.82) is 0 Å². The van der Waals surface area contributed by atoms with Gasteiger partial charge in [0.1, 0.15) is 0 Å². The number of aromatic amines is 1. The normalized spacial score (nSPS) is 20.0. The molecule has 1 fully saturated rings. The van der Waals surface area contributed by atoms with Crippen molar-refractivity contribution in [3.8, 4) is 0 Å². The molecular weight excluding hydrogens is 288 g/mol. The standard InChI is InChI=1S/C14H26N4O2S/c1-11(2)15-9-12-10-16-17-13(12)21(19,20)18-7-5-14(3,4)6-8-18/h10-11,15H,5-9H2,1-4H3,(H,16,17). The summed E-state index contributed by atoms with van der Waals surface area (Å²) in [4.78, 5) is 0. The Morgan fingerprint density at radius 1 is 1.38 bits per heavy atom. The van der Waals surface area contributed by atoms with Gasteiger partial charge in [0.15, 0.2) is 5.03 Å². The number of aromatic nitrogens is 2. The Labute approximate surface area is 127 Å². The van der Waals surface area contributed by atoms with Crippen molar-refractivity contribution in [2.45, 2.75) is 58.1 Å². The largest absolute Gasteiger partial charge is 0.310 e. The summed E-state index contributed by atoms with van der Waals surface area (Å²) in [5.74, 6) is 0. The monoisotopic (exact) mass is 314 g/mol. The number of nitrogens with one attached hydrogen (secondary N) is 2. The molecule has 1 aliphatic rings. The van der Waals surface area contributed by atoms with Gasteiger partial charge in [-0.15, -0.1) is 0 Å². The van der Waals surface area contributed by atoms with E-state index in [1.54, 1.807) is 10.5 Å². The van der Waals surface area contributed by atoms with Gasteiger partial charge in [-0.25, -0.2) is 8.42 Å². The lowest BCUT2D eigenvalue weighted by Gasteiger charge is -2.35. The molecule has 0 saturated carbocycles. The Hall–Kier alpha value is -0.920. The number of nitrogens with zero attached hydrogens (tertiary/aromatic N) is 2. The highest BCUT2D eigenvalue weighted by Gasteiger charge is 2.34. The van der Waals surface area contributed by atoms with E-state index in [0.29, 0.717) is 31.2 Å². The summed E-state index contributed by atoms with van der Waals surface area (Å²) in [6.07, 6.45) is 3.37. The van der Waals surface area contributed by atoms with Gasteiger partial charge in [-0.2, -0.15) is 9.40 Å². The molecule has 2 rings (SSSR count). The van der Waals surface area contributed by atoms with E-state index < -0.39 is 10.0 Å². The van der Waals surface area contributed by atoms with Crippen molar-refractivity contribution in [2.24, 2.45) is 5.41 Å². The first kappa shape index (κ1) is 16.5. The second kappa shape index (κ2) is 6.06. The van der Waals surface area contributed by atoms with Crippen molar-refractivity contribution in [2.75, 3.05) is 13.1 Å². The van der Waals surface area contributed by atoms with E-state index >= 15 is 0 Å². The quantitative estimate of drug-likeness (QED) is 0.867. The van der Waals surface area contributed by atoms with Gasteiger partial charge in [0, 0.05) is 31.2 Å². The van der Waals surface area contributed by atoms with E-state index in [-0.39, 0.29) is 10.4 Å². The number of rotatable bonds is 5. The predicted molar refractivity (Wildman–Crippen MR) is 82.3 cm³/mol. The van der Waals surface area contributed by atoms with Crippen LogP contribution in [0.2, 0.25) is 0 Å². The Bertz CT molecular complexity index is 568. The molecule has 120 valence electrons. The fourth-order valence-corrected chi connectivity index (χ4v) is 3.97. The molecule has 1 saturated heterocycles. The molecule has 0 aromatic carbocycles. The molecule has 2 N–H and O–H groups in total. The maximum Gasteiger partial charge on any atom is 0.260 e. The molecule has 0 amide bonds. The molecule has 0 unspecified atom stereocenters. The van der Waals surface area contributed by atoms with Gasteiger partial charge in [-0.05, 0) is 18.3 Å². The van der Waals surface area contributed by atoms with Gasteiger partial charge in [0.05, 0.1) is 6.20 Å². The first-order chi connectivity index (χ1) is 9.72. The zero-order valence-electron chi connectivity index (χ0n) is 13.3. The van der Waals surface area contributed by atoms with Crippen molar-refractivity contribution in [1.82, 2.24) is 19.8 Å². The van der Waals surface area contributed by atoms with Gasteiger partial charge in [-0.1, -0.05) is 27.7 Å². The van der Waals surface area contributed by atoms with E-state index in [4.69, 9.17) is 0 Å². The van der Waals surface area contributed by atoms with Gasteiger partial charge in [-0.3, -0.25) is 5.10 Å². The molecule has 0 spiro atoms. The average molecular weight is 314 g/mol. The van der Waals surface area contributed by atoms with Crippen LogP contribution in [0.3, 0.4) is 0 Å². The van der Waals surface area contributed by atoms with Crippen LogP contribution >= 0.6 is 0 Å². The first-order valence-electron chi connectivity index (χ1n) is 7.48. The fraction of sp³-hybridized carbons (Fsp3) is 0.786. The average Bonchev–Trinajstić information content (AvgIpc) is 2.84. The minimum atomic E-state index is -3.47.